The number of alkyl halides is 3. The molecule has 0 saturated heterocycles. The summed E-state index contributed by atoms with van der Waals surface area (Å²) in [7, 11) is -2.75. The van der Waals surface area contributed by atoms with E-state index in [-0.39, 0.29) is 0 Å². The van der Waals surface area contributed by atoms with Crippen LogP contribution in [-0.2, 0) is 15.9 Å². The van der Waals surface area contributed by atoms with Crippen LogP contribution in [0, 0.1) is 6.92 Å². The zero-order chi connectivity index (χ0) is 20.5. The Kier molecular flexibility index (Phi) is 5.49. The molecular formula is C19H18F3N3OS2. The quantitative estimate of drug-likeness (QED) is 0.472. The summed E-state index contributed by atoms with van der Waals surface area (Å²) in [6.45, 7) is 3.60. The monoisotopic (exact) mass is 425 g/mol. The molecule has 0 fully saturated rings. The summed E-state index contributed by atoms with van der Waals surface area (Å²) >= 11 is 1.31. The lowest BCUT2D eigenvalue weighted by atomic mass is 10.1. The summed E-state index contributed by atoms with van der Waals surface area (Å²) < 4.78 is 54.0. The predicted octanol–water partition coefficient (Wildman–Crippen LogP) is 5.01. The number of benzene rings is 1. The molecular weight excluding hydrogens is 407 g/mol. The summed E-state index contributed by atoms with van der Waals surface area (Å²) in [4.78, 5) is 8.30. The van der Waals surface area contributed by atoms with Gasteiger partial charge in [0, 0.05) is 33.8 Å². The number of aryl methyl sites for hydroxylation is 1. The standard InChI is InChI=1S/C19H18F3N3OS2/c1-12-4-6-14(7-5-12)16-11-27-18(24-16)25-28(3,26)13(2)15-8-9-17(23-10-15)19(20,21)22/h4-11H,1-3H3,(H,24,25,26). The molecule has 2 heterocycles. The Hall–Kier alpha value is -2.39. The Balaban J connectivity index is 1.86. The number of aromatic nitrogens is 2. The van der Waals surface area contributed by atoms with Gasteiger partial charge in [0.05, 0.1) is 15.4 Å². The lowest BCUT2D eigenvalue weighted by Gasteiger charge is -2.12. The molecule has 0 spiro atoms. The third kappa shape index (κ3) is 4.53. The molecule has 0 saturated carbocycles. The summed E-state index contributed by atoms with van der Waals surface area (Å²) in [5, 5.41) is 2.33. The number of rotatable bonds is 4. The minimum absolute atomic E-state index is 0.378. The first-order chi connectivity index (χ1) is 13.1. The molecule has 1 atom stereocenters. The second-order valence-electron chi connectivity index (χ2n) is 6.34. The second kappa shape index (κ2) is 7.56. The summed E-state index contributed by atoms with van der Waals surface area (Å²) in [6, 6.07) is 10.1. The fraction of sp³-hybridized carbons (Fsp3) is 0.211. The van der Waals surface area contributed by atoms with Crippen molar-refractivity contribution >= 4 is 31.0 Å². The van der Waals surface area contributed by atoms with E-state index in [0.717, 1.165) is 29.1 Å². The number of nitrogens with zero attached hydrogens (tertiary/aromatic N) is 2. The van der Waals surface area contributed by atoms with Gasteiger partial charge < -0.3 is 0 Å². The van der Waals surface area contributed by atoms with Gasteiger partial charge in [-0.05, 0) is 19.9 Å². The normalized spacial score (nSPS) is 13.8. The molecule has 3 rings (SSSR count). The molecule has 1 unspecified atom stereocenters. The van der Waals surface area contributed by atoms with E-state index in [0.29, 0.717) is 15.6 Å². The van der Waals surface area contributed by atoms with Crippen molar-refractivity contribution in [3.05, 3.63) is 64.8 Å². The molecule has 0 aliphatic carbocycles. The first kappa shape index (κ1) is 20.3. The molecule has 9 heteroatoms. The SMILES string of the molecule is CC(c1ccc(C(F)(F)F)nc1)=S(C)(=O)Nc1nc(-c2ccc(C)cc2)cs1. The van der Waals surface area contributed by atoms with Crippen molar-refractivity contribution in [2.24, 2.45) is 0 Å². The average Bonchev–Trinajstić information content (AvgIpc) is 3.08. The predicted molar refractivity (Wildman–Crippen MR) is 109 cm³/mol. The lowest BCUT2D eigenvalue weighted by molar-refractivity contribution is -0.141. The van der Waals surface area contributed by atoms with Crippen molar-refractivity contribution in [3.8, 4) is 11.3 Å². The van der Waals surface area contributed by atoms with Crippen molar-refractivity contribution in [2.45, 2.75) is 20.0 Å². The largest absolute Gasteiger partial charge is 0.433 e. The van der Waals surface area contributed by atoms with E-state index < -0.39 is 21.6 Å². The van der Waals surface area contributed by atoms with Gasteiger partial charge in [0.2, 0.25) is 0 Å². The number of nitrogens with one attached hydrogen (secondary N) is 1. The number of hydrogen-bond donors (Lipinski definition) is 1. The highest BCUT2D eigenvalue weighted by molar-refractivity contribution is 8.03. The van der Waals surface area contributed by atoms with E-state index in [2.05, 4.69) is 14.7 Å². The fourth-order valence-electron chi connectivity index (χ4n) is 2.42. The Morgan fingerprint density at radius 3 is 2.39 bits per heavy atom. The molecule has 0 radical (unpaired) electrons. The topological polar surface area (TPSA) is 54.9 Å². The number of pyridine rings is 1. The molecule has 1 aromatic carbocycles. The Morgan fingerprint density at radius 1 is 1.14 bits per heavy atom. The van der Waals surface area contributed by atoms with E-state index in [1.807, 2.05) is 36.6 Å². The molecule has 3 aromatic rings. The molecule has 0 aliphatic heterocycles. The van der Waals surface area contributed by atoms with Crippen molar-refractivity contribution < 1.29 is 17.4 Å². The van der Waals surface area contributed by atoms with Crippen LogP contribution in [0.3, 0.4) is 0 Å². The van der Waals surface area contributed by atoms with Gasteiger partial charge in [-0.25, -0.2) is 9.19 Å². The molecule has 4 nitrogen and oxygen atoms in total. The van der Waals surface area contributed by atoms with E-state index in [9.17, 15) is 17.4 Å². The van der Waals surface area contributed by atoms with Gasteiger partial charge in [0.1, 0.15) is 5.69 Å². The number of anilines is 1. The minimum atomic E-state index is -4.51. The van der Waals surface area contributed by atoms with E-state index in [1.165, 1.54) is 23.7 Å². The van der Waals surface area contributed by atoms with E-state index in [1.54, 1.807) is 6.92 Å². The van der Waals surface area contributed by atoms with E-state index >= 15 is 0 Å². The van der Waals surface area contributed by atoms with Crippen molar-refractivity contribution in [3.63, 3.8) is 0 Å². The number of thiazole rings is 1. The van der Waals surface area contributed by atoms with Crippen LogP contribution >= 0.6 is 11.3 Å². The molecule has 1 N–H and O–H groups in total. The highest BCUT2D eigenvalue weighted by Gasteiger charge is 2.32. The first-order valence-electron chi connectivity index (χ1n) is 8.23. The number of halogens is 3. The molecule has 2 aromatic heterocycles. The van der Waals surface area contributed by atoms with Gasteiger partial charge in [-0.1, -0.05) is 35.9 Å². The van der Waals surface area contributed by atoms with Crippen LogP contribution in [0.2, 0.25) is 0 Å². The first-order valence-corrected chi connectivity index (χ1v) is 11.1. The van der Waals surface area contributed by atoms with Crippen LogP contribution in [0.4, 0.5) is 18.3 Å². The van der Waals surface area contributed by atoms with Crippen LogP contribution in [0.1, 0.15) is 23.7 Å². The fourth-order valence-corrected chi connectivity index (χ4v) is 4.75. The smallest absolute Gasteiger partial charge is 0.288 e. The van der Waals surface area contributed by atoms with Gasteiger partial charge in [0.15, 0.2) is 5.13 Å². The average molecular weight is 426 g/mol. The Morgan fingerprint density at radius 2 is 1.82 bits per heavy atom. The van der Waals surface area contributed by atoms with Crippen molar-refractivity contribution in [2.75, 3.05) is 11.0 Å². The van der Waals surface area contributed by atoms with Gasteiger partial charge in [-0.2, -0.15) is 13.2 Å². The van der Waals surface area contributed by atoms with Crippen LogP contribution in [-0.4, -0.2) is 25.3 Å². The molecule has 0 bridgehead atoms. The Bertz CT molecular complexity index is 1090. The summed E-state index contributed by atoms with van der Waals surface area (Å²) in [5.41, 5.74) is 2.25. The lowest BCUT2D eigenvalue weighted by Crippen LogP contribution is -2.20. The number of hydrogen-bond acceptors (Lipinski definition) is 4. The van der Waals surface area contributed by atoms with Gasteiger partial charge >= 0.3 is 6.18 Å². The van der Waals surface area contributed by atoms with Crippen LogP contribution in [0.25, 0.3) is 11.3 Å². The zero-order valence-corrected chi connectivity index (χ0v) is 17.0. The summed E-state index contributed by atoms with van der Waals surface area (Å²) in [5.74, 6) is 0. The van der Waals surface area contributed by atoms with Crippen molar-refractivity contribution in [1.82, 2.24) is 9.97 Å². The van der Waals surface area contributed by atoms with Gasteiger partial charge in [-0.15, -0.1) is 11.3 Å². The van der Waals surface area contributed by atoms with Gasteiger partial charge in [-0.3, -0.25) is 9.71 Å². The summed E-state index contributed by atoms with van der Waals surface area (Å²) in [6.07, 6.45) is -1.93. The Labute approximate surface area is 165 Å². The zero-order valence-electron chi connectivity index (χ0n) is 15.4. The van der Waals surface area contributed by atoms with E-state index in [4.69, 9.17) is 0 Å². The highest BCUT2D eigenvalue weighted by Crippen LogP contribution is 2.28. The molecule has 28 heavy (non-hydrogen) atoms. The highest BCUT2D eigenvalue weighted by atomic mass is 32.2. The van der Waals surface area contributed by atoms with Crippen LogP contribution in [0.15, 0.2) is 48.0 Å². The molecule has 148 valence electrons. The maximum absolute atomic E-state index is 13.1. The third-order valence-corrected chi connectivity index (χ3v) is 7.05. The maximum Gasteiger partial charge on any atom is 0.433 e. The maximum atomic E-state index is 13.1. The van der Waals surface area contributed by atoms with Crippen LogP contribution < -0.4 is 4.72 Å². The van der Waals surface area contributed by atoms with Gasteiger partial charge in [0.25, 0.3) is 0 Å². The van der Waals surface area contributed by atoms with Crippen molar-refractivity contribution in [1.29, 1.82) is 0 Å². The molecule has 0 aliphatic rings. The second-order valence-corrected chi connectivity index (χ2v) is 9.70. The third-order valence-electron chi connectivity index (χ3n) is 4.18. The van der Waals surface area contributed by atoms with Crippen LogP contribution in [0.5, 0.6) is 0 Å². The molecule has 0 amide bonds. The minimum Gasteiger partial charge on any atom is -0.288 e.